The molecule has 0 bridgehead atoms. The maximum atomic E-state index is 10.8. The number of carboxylic acids is 2. The monoisotopic (exact) mass is 370 g/mol. The van der Waals surface area contributed by atoms with Crippen LogP contribution in [0.3, 0.4) is 0 Å². The molecule has 4 heteroatoms. The van der Waals surface area contributed by atoms with Gasteiger partial charge >= 0.3 is 11.9 Å². The molecule has 0 saturated heterocycles. The van der Waals surface area contributed by atoms with E-state index in [-0.39, 0.29) is 5.41 Å². The van der Waals surface area contributed by atoms with Gasteiger partial charge in [0.15, 0.2) is 0 Å². The van der Waals surface area contributed by atoms with Crippen LogP contribution in [0.15, 0.2) is 70.4 Å². The summed E-state index contributed by atoms with van der Waals surface area (Å²) in [5.41, 5.74) is 4.30. The Kier molecular flexibility index (Phi) is 8.23. The Bertz CT molecular complexity index is 752. The third-order valence-electron chi connectivity index (χ3n) is 4.75. The average molecular weight is 370 g/mol. The van der Waals surface area contributed by atoms with E-state index in [1.165, 1.54) is 30.1 Å². The van der Waals surface area contributed by atoms with Gasteiger partial charge in [-0.1, -0.05) is 67.0 Å². The third kappa shape index (κ3) is 7.26. The molecule has 0 heterocycles. The van der Waals surface area contributed by atoms with E-state index >= 15 is 0 Å². The number of carboxylic acid groups (broad SMARTS) is 2. The second-order valence-corrected chi connectivity index (χ2v) is 7.64. The van der Waals surface area contributed by atoms with E-state index < -0.39 is 17.5 Å². The van der Waals surface area contributed by atoms with Crippen molar-refractivity contribution in [3.05, 3.63) is 70.4 Å². The van der Waals surface area contributed by atoms with Crippen LogP contribution < -0.4 is 0 Å². The smallest absolute Gasteiger partial charge is 0.343 e. The van der Waals surface area contributed by atoms with E-state index in [0.29, 0.717) is 0 Å². The molecule has 0 radical (unpaired) electrons. The number of allylic oxidation sites excluding steroid dienone is 11. The van der Waals surface area contributed by atoms with Gasteiger partial charge in [0.25, 0.3) is 0 Å². The minimum absolute atomic E-state index is 0.215. The molecule has 1 rings (SSSR count). The normalized spacial score (nSPS) is 18.3. The molecule has 0 amide bonds. The highest BCUT2D eigenvalue weighted by Gasteiger charge is 2.26. The quantitative estimate of drug-likeness (QED) is 0.264. The van der Waals surface area contributed by atoms with Gasteiger partial charge in [0, 0.05) is 0 Å². The molecule has 27 heavy (non-hydrogen) atoms. The zero-order chi connectivity index (χ0) is 20.6. The number of hydrogen-bond acceptors (Lipinski definition) is 2. The van der Waals surface area contributed by atoms with Gasteiger partial charge in [0.2, 0.25) is 0 Å². The summed E-state index contributed by atoms with van der Waals surface area (Å²) in [7, 11) is 0. The summed E-state index contributed by atoms with van der Waals surface area (Å²) in [5.74, 6) is -2.90. The standard InChI is InChI=1S/C23H30O4/c1-16(11-13-19(21(24)25)22(26)27)8-6-9-17(2)12-14-20-18(3)10-7-15-23(20,4)5/h6,8-9,11-14H,7,10,15H2,1-5H3,(H,24,25)(H,26,27). The Morgan fingerprint density at radius 1 is 0.963 bits per heavy atom. The van der Waals surface area contributed by atoms with Crippen LogP contribution in [0.5, 0.6) is 0 Å². The molecule has 1 aliphatic carbocycles. The molecule has 0 aromatic heterocycles. The van der Waals surface area contributed by atoms with Crippen LogP contribution in [0.25, 0.3) is 0 Å². The topological polar surface area (TPSA) is 74.6 Å². The maximum absolute atomic E-state index is 10.8. The highest BCUT2D eigenvalue weighted by Crippen LogP contribution is 2.40. The van der Waals surface area contributed by atoms with Crippen LogP contribution in [0.4, 0.5) is 0 Å². The number of aliphatic carboxylic acids is 2. The number of carbonyl (C=O) groups is 2. The summed E-state index contributed by atoms with van der Waals surface area (Å²) in [6.45, 7) is 10.6. The van der Waals surface area contributed by atoms with Crippen molar-refractivity contribution >= 4 is 11.9 Å². The Morgan fingerprint density at radius 3 is 2.11 bits per heavy atom. The van der Waals surface area contributed by atoms with E-state index in [0.717, 1.165) is 23.6 Å². The molecule has 2 N–H and O–H groups in total. The van der Waals surface area contributed by atoms with Gasteiger partial charge in [-0.05, 0) is 57.1 Å². The first-order valence-electron chi connectivity index (χ1n) is 9.13. The van der Waals surface area contributed by atoms with Crippen molar-refractivity contribution in [1.29, 1.82) is 0 Å². The first-order valence-corrected chi connectivity index (χ1v) is 9.13. The second-order valence-electron chi connectivity index (χ2n) is 7.64. The molecule has 4 nitrogen and oxygen atoms in total. The summed E-state index contributed by atoms with van der Waals surface area (Å²) >= 11 is 0. The number of hydrogen-bond donors (Lipinski definition) is 2. The van der Waals surface area contributed by atoms with Crippen molar-refractivity contribution in [3.8, 4) is 0 Å². The Hall–Kier alpha value is -2.62. The van der Waals surface area contributed by atoms with Crippen LogP contribution >= 0.6 is 0 Å². The van der Waals surface area contributed by atoms with Crippen molar-refractivity contribution in [2.45, 2.75) is 53.9 Å². The van der Waals surface area contributed by atoms with Gasteiger partial charge in [-0.25, -0.2) is 9.59 Å². The number of rotatable bonds is 7. The molecular formula is C23H30O4. The predicted molar refractivity (Wildman–Crippen MR) is 109 cm³/mol. The molecule has 1 aliphatic rings. The van der Waals surface area contributed by atoms with Crippen molar-refractivity contribution < 1.29 is 19.8 Å². The predicted octanol–water partition coefficient (Wildman–Crippen LogP) is 5.61. The van der Waals surface area contributed by atoms with Crippen molar-refractivity contribution in [1.82, 2.24) is 0 Å². The van der Waals surface area contributed by atoms with Crippen LogP contribution in [0.2, 0.25) is 0 Å². The summed E-state index contributed by atoms with van der Waals surface area (Å²) in [6.07, 6.45) is 16.2. The van der Waals surface area contributed by atoms with E-state index in [1.807, 2.05) is 25.2 Å². The molecule has 0 aliphatic heterocycles. The van der Waals surface area contributed by atoms with Gasteiger partial charge < -0.3 is 10.2 Å². The first-order chi connectivity index (χ1) is 12.5. The van der Waals surface area contributed by atoms with Crippen molar-refractivity contribution in [2.75, 3.05) is 0 Å². The summed E-state index contributed by atoms with van der Waals surface area (Å²) in [6, 6.07) is 0. The van der Waals surface area contributed by atoms with Gasteiger partial charge in [-0.3, -0.25) is 0 Å². The summed E-state index contributed by atoms with van der Waals surface area (Å²) in [5, 5.41) is 17.6. The maximum Gasteiger partial charge on any atom is 0.343 e. The molecule has 0 unspecified atom stereocenters. The minimum Gasteiger partial charge on any atom is -0.477 e. The first kappa shape index (κ1) is 22.4. The second kappa shape index (κ2) is 9.91. The molecule has 146 valence electrons. The largest absolute Gasteiger partial charge is 0.477 e. The summed E-state index contributed by atoms with van der Waals surface area (Å²) < 4.78 is 0. The highest BCUT2D eigenvalue weighted by atomic mass is 16.4. The highest BCUT2D eigenvalue weighted by molar-refractivity contribution is 6.12. The summed E-state index contributed by atoms with van der Waals surface area (Å²) in [4.78, 5) is 21.6. The molecule has 0 aromatic rings. The van der Waals surface area contributed by atoms with Crippen molar-refractivity contribution in [3.63, 3.8) is 0 Å². The van der Waals surface area contributed by atoms with Gasteiger partial charge in [0.05, 0.1) is 0 Å². The molecule has 0 fully saturated rings. The zero-order valence-electron chi connectivity index (χ0n) is 16.9. The molecule has 0 saturated carbocycles. The Labute approximate surface area is 162 Å². The van der Waals surface area contributed by atoms with Crippen LogP contribution in [0.1, 0.15) is 53.9 Å². The SMILES string of the molecule is CC(C=CC1=C(C)CCCC1(C)C)=CC=CC(C)=CC=C(C(=O)O)C(=O)O. The Balaban J connectivity index is 2.84. The lowest BCUT2D eigenvalue weighted by Crippen LogP contribution is -2.19. The fourth-order valence-electron chi connectivity index (χ4n) is 3.14. The van der Waals surface area contributed by atoms with E-state index in [9.17, 15) is 9.59 Å². The van der Waals surface area contributed by atoms with Crippen LogP contribution in [-0.4, -0.2) is 22.2 Å². The third-order valence-corrected chi connectivity index (χ3v) is 4.75. The van der Waals surface area contributed by atoms with Gasteiger partial charge in [-0.15, -0.1) is 0 Å². The van der Waals surface area contributed by atoms with Crippen molar-refractivity contribution in [2.24, 2.45) is 5.41 Å². The lowest BCUT2D eigenvalue weighted by Gasteiger charge is -2.32. The fraction of sp³-hybridized carbons (Fsp3) is 0.391. The molecule has 0 spiro atoms. The average Bonchev–Trinajstić information content (AvgIpc) is 2.53. The van der Waals surface area contributed by atoms with E-state index in [2.05, 4.69) is 32.9 Å². The fourth-order valence-corrected chi connectivity index (χ4v) is 3.14. The van der Waals surface area contributed by atoms with Crippen LogP contribution in [0, 0.1) is 5.41 Å². The lowest BCUT2D eigenvalue weighted by atomic mass is 9.72. The zero-order valence-corrected chi connectivity index (χ0v) is 16.9. The van der Waals surface area contributed by atoms with E-state index in [1.54, 1.807) is 6.92 Å². The molecular weight excluding hydrogens is 340 g/mol. The van der Waals surface area contributed by atoms with Gasteiger partial charge in [-0.2, -0.15) is 0 Å². The molecule has 0 atom stereocenters. The van der Waals surface area contributed by atoms with Gasteiger partial charge in [0.1, 0.15) is 5.57 Å². The lowest BCUT2D eigenvalue weighted by molar-refractivity contribution is -0.140. The minimum atomic E-state index is -1.45. The molecule has 0 aromatic carbocycles. The van der Waals surface area contributed by atoms with E-state index in [4.69, 9.17) is 10.2 Å². The Morgan fingerprint density at radius 2 is 1.56 bits per heavy atom. The van der Waals surface area contributed by atoms with Crippen LogP contribution in [-0.2, 0) is 9.59 Å².